The van der Waals surface area contributed by atoms with Crippen molar-refractivity contribution in [2.45, 2.75) is 33.1 Å². The van der Waals surface area contributed by atoms with Crippen molar-refractivity contribution < 1.29 is 0 Å². The molecule has 1 saturated carbocycles. The molecule has 0 radical (unpaired) electrons. The molecular weight excluding hydrogens is 108 g/mol. The van der Waals surface area contributed by atoms with E-state index in [9.17, 15) is 0 Å². The van der Waals surface area contributed by atoms with E-state index in [1.54, 1.807) is 0 Å². The third-order valence-corrected chi connectivity index (χ3v) is 2.49. The van der Waals surface area contributed by atoms with Crippen molar-refractivity contribution in [3.8, 4) is 0 Å². The van der Waals surface area contributed by atoms with Gasteiger partial charge in [-0.3, -0.25) is 0 Å². The first-order valence-electron chi connectivity index (χ1n) is 3.87. The van der Waals surface area contributed by atoms with Gasteiger partial charge < -0.3 is 0 Å². The van der Waals surface area contributed by atoms with Gasteiger partial charge in [-0.15, -0.1) is 0 Å². The van der Waals surface area contributed by atoms with E-state index in [0.717, 1.165) is 11.8 Å². The molecule has 0 aliphatic heterocycles. The number of rotatable bonds is 1. The summed E-state index contributed by atoms with van der Waals surface area (Å²) in [5.41, 5.74) is 1.39. The maximum Gasteiger partial charge on any atom is -0.0183 e. The van der Waals surface area contributed by atoms with E-state index in [4.69, 9.17) is 0 Å². The molecule has 2 atom stereocenters. The second-order valence-electron chi connectivity index (χ2n) is 3.36. The van der Waals surface area contributed by atoms with Gasteiger partial charge in [0.15, 0.2) is 0 Å². The Morgan fingerprint density at radius 1 is 1.44 bits per heavy atom. The van der Waals surface area contributed by atoms with Crippen LogP contribution in [0.1, 0.15) is 33.1 Å². The zero-order valence-electron chi connectivity index (χ0n) is 6.48. The lowest BCUT2D eigenvalue weighted by atomic mass is 9.92. The van der Waals surface area contributed by atoms with E-state index in [-0.39, 0.29) is 0 Å². The van der Waals surface area contributed by atoms with Gasteiger partial charge in [0.1, 0.15) is 0 Å². The second-order valence-corrected chi connectivity index (χ2v) is 3.36. The lowest BCUT2D eigenvalue weighted by Crippen LogP contribution is -2.03. The first-order chi connectivity index (χ1) is 4.22. The highest BCUT2D eigenvalue weighted by Gasteiger charge is 2.22. The van der Waals surface area contributed by atoms with E-state index >= 15 is 0 Å². The minimum Gasteiger partial charge on any atom is -0.0999 e. The van der Waals surface area contributed by atoms with Gasteiger partial charge >= 0.3 is 0 Å². The summed E-state index contributed by atoms with van der Waals surface area (Å²) in [6.07, 6.45) is 4.22. The molecule has 52 valence electrons. The second kappa shape index (κ2) is 2.55. The van der Waals surface area contributed by atoms with Crippen LogP contribution in [-0.4, -0.2) is 0 Å². The molecule has 0 heterocycles. The fourth-order valence-electron chi connectivity index (χ4n) is 1.88. The van der Waals surface area contributed by atoms with Crippen LogP contribution in [0.2, 0.25) is 0 Å². The van der Waals surface area contributed by atoms with Gasteiger partial charge in [-0.1, -0.05) is 31.9 Å². The lowest BCUT2D eigenvalue weighted by molar-refractivity contribution is 0.481. The van der Waals surface area contributed by atoms with Crippen LogP contribution < -0.4 is 0 Å². The topological polar surface area (TPSA) is 0 Å². The average Bonchev–Trinajstić information content (AvgIpc) is 2.13. The molecule has 9 heavy (non-hydrogen) atoms. The summed E-state index contributed by atoms with van der Waals surface area (Å²) in [5, 5.41) is 0. The molecule has 1 rings (SSSR count). The monoisotopic (exact) mass is 124 g/mol. The van der Waals surface area contributed by atoms with Crippen LogP contribution in [0.25, 0.3) is 0 Å². The van der Waals surface area contributed by atoms with Gasteiger partial charge in [0, 0.05) is 0 Å². The van der Waals surface area contributed by atoms with Crippen LogP contribution >= 0.6 is 0 Å². The normalized spacial score (nSPS) is 34.9. The van der Waals surface area contributed by atoms with Crippen molar-refractivity contribution in [2.24, 2.45) is 11.8 Å². The molecular formula is C9H16. The highest BCUT2D eigenvalue weighted by Crippen LogP contribution is 2.35. The van der Waals surface area contributed by atoms with Crippen molar-refractivity contribution >= 4 is 0 Å². The summed E-state index contributed by atoms with van der Waals surface area (Å²) < 4.78 is 0. The zero-order chi connectivity index (χ0) is 6.85. The van der Waals surface area contributed by atoms with Crippen molar-refractivity contribution in [1.82, 2.24) is 0 Å². The van der Waals surface area contributed by atoms with E-state index in [1.165, 1.54) is 24.8 Å². The van der Waals surface area contributed by atoms with Crippen LogP contribution in [0.4, 0.5) is 0 Å². The highest BCUT2D eigenvalue weighted by atomic mass is 14.3. The van der Waals surface area contributed by atoms with E-state index in [2.05, 4.69) is 20.4 Å². The van der Waals surface area contributed by atoms with Crippen molar-refractivity contribution in [3.63, 3.8) is 0 Å². The summed E-state index contributed by atoms with van der Waals surface area (Å²) in [4.78, 5) is 0. The summed E-state index contributed by atoms with van der Waals surface area (Å²) in [6, 6.07) is 0. The first kappa shape index (κ1) is 6.85. The predicted octanol–water partition coefficient (Wildman–Crippen LogP) is 3.00. The van der Waals surface area contributed by atoms with Gasteiger partial charge in [-0.05, 0) is 25.2 Å². The molecule has 0 unspecified atom stereocenters. The Labute approximate surface area is 58.0 Å². The average molecular weight is 124 g/mol. The molecule has 0 saturated heterocycles. The van der Waals surface area contributed by atoms with Crippen LogP contribution in [0.15, 0.2) is 12.2 Å². The van der Waals surface area contributed by atoms with Crippen LogP contribution in [0.3, 0.4) is 0 Å². The number of hydrogen-bond donors (Lipinski definition) is 0. The van der Waals surface area contributed by atoms with E-state index in [0.29, 0.717) is 0 Å². The number of allylic oxidation sites excluding steroid dienone is 1. The summed E-state index contributed by atoms with van der Waals surface area (Å²) in [5.74, 6) is 1.74. The Bertz CT molecular complexity index is 113. The Hall–Kier alpha value is -0.260. The molecule has 1 fully saturated rings. The zero-order valence-corrected chi connectivity index (χ0v) is 6.48. The summed E-state index contributed by atoms with van der Waals surface area (Å²) >= 11 is 0. The van der Waals surface area contributed by atoms with Gasteiger partial charge in [0.05, 0.1) is 0 Å². The summed E-state index contributed by atoms with van der Waals surface area (Å²) in [7, 11) is 0. The molecule has 1 aliphatic rings. The molecule has 0 aromatic heterocycles. The Morgan fingerprint density at radius 2 is 2.11 bits per heavy atom. The van der Waals surface area contributed by atoms with Gasteiger partial charge in [0.25, 0.3) is 0 Å². The van der Waals surface area contributed by atoms with Crippen LogP contribution in [0.5, 0.6) is 0 Å². The lowest BCUT2D eigenvalue weighted by Gasteiger charge is -2.13. The van der Waals surface area contributed by atoms with Gasteiger partial charge in [-0.2, -0.15) is 0 Å². The quantitative estimate of drug-likeness (QED) is 0.471. The maximum absolute atomic E-state index is 3.99. The molecule has 0 spiro atoms. The SMILES string of the molecule is C=C(C)[C@@H]1CCC[C@H]1C. The fourth-order valence-corrected chi connectivity index (χ4v) is 1.88. The molecule has 0 nitrogen and oxygen atoms in total. The first-order valence-corrected chi connectivity index (χ1v) is 3.87. The molecule has 1 aliphatic carbocycles. The van der Waals surface area contributed by atoms with E-state index in [1.807, 2.05) is 0 Å². The fraction of sp³-hybridized carbons (Fsp3) is 0.778. The highest BCUT2D eigenvalue weighted by molar-refractivity contribution is 5.00. The largest absolute Gasteiger partial charge is 0.0999 e. The maximum atomic E-state index is 3.99. The van der Waals surface area contributed by atoms with Crippen molar-refractivity contribution in [1.29, 1.82) is 0 Å². The molecule has 0 N–H and O–H groups in total. The summed E-state index contributed by atoms with van der Waals surface area (Å²) in [6.45, 7) is 8.49. The van der Waals surface area contributed by atoms with Gasteiger partial charge in [-0.25, -0.2) is 0 Å². The number of hydrogen-bond acceptors (Lipinski definition) is 0. The third-order valence-electron chi connectivity index (χ3n) is 2.49. The predicted molar refractivity (Wildman–Crippen MR) is 41.3 cm³/mol. The minimum atomic E-state index is 0.838. The molecule has 0 amide bonds. The van der Waals surface area contributed by atoms with Crippen molar-refractivity contribution in [2.75, 3.05) is 0 Å². The molecule has 0 bridgehead atoms. The van der Waals surface area contributed by atoms with Gasteiger partial charge in [0.2, 0.25) is 0 Å². The standard InChI is InChI=1S/C9H16/c1-7(2)9-6-4-5-8(9)3/h8-9H,1,4-6H2,2-3H3/t8-,9+/m1/s1. The Balaban J connectivity index is 2.49. The molecule has 0 aromatic rings. The smallest absolute Gasteiger partial charge is 0.0183 e. The Morgan fingerprint density at radius 3 is 2.33 bits per heavy atom. The van der Waals surface area contributed by atoms with Crippen LogP contribution in [0, 0.1) is 11.8 Å². The molecule has 0 heteroatoms. The van der Waals surface area contributed by atoms with Crippen molar-refractivity contribution in [3.05, 3.63) is 12.2 Å². The van der Waals surface area contributed by atoms with Crippen LogP contribution in [-0.2, 0) is 0 Å². The Kier molecular flexibility index (Phi) is 1.94. The van der Waals surface area contributed by atoms with E-state index < -0.39 is 0 Å². The molecule has 0 aromatic carbocycles. The minimum absolute atomic E-state index is 0.838. The third kappa shape index (κ3) is 1.35.